The topological polar surface area (TPSA) is 61.8 Å². The number of carbonyl (C=O) groups excluding carboxylic acids is 2. The van der Waals surface area contributed by atoms with Gasteiger partial charge >= 0.3 is 0 Å². The van der Waals surface area contributed by atoms with Crippen LogP contribution in [0.3, 0.4) is 0 Å². The van der Waals surface area contributed by atoms with E-state index in [0.717, 1.165) is 11.3 Å². The Labute approximate surface area is 127 Å². The SMILES string of the molecule is COC1=CC(=O)[C@@H]2[C@H](C)[C@@H](c3ccc4c(c3)OCO4)[C@@H]2C1=O. The molecule has 1 aromatic rings. The van der Waals surface area contributed by atoms with Crippen molar-refractivity contribution in [3.63, 3.8) is 0 Å². The van der Waals surface area contributed by atoms with Gasteiger partial charge in [0.15, 0.2) is 23.0 Å². The van der Waals surface area contributed by atoms with Gasteiger partial charge in [0.2, 0.25) is 12.6 Å². The van der Waals surface area contributed by atoms with Gasteiger partial charge in [-0.05, 0) is 29.5 Å². The standard InChI is InChI=1S/C17H16O5/c1-8-14(9-3-4-11-12(5-9)22-7-21-11)16-15(8)10(18)6-13(20-2)17(16)19/h3-6,8,14-16H,7H2,1-2H3/t8-,14+,15+,16+/m1/s1. The molecule has 1 saturated carbocycles. The molecule has 114 valence electrons. The second kappa shape index (κ2) is 4.60. The number of methoxy groups -OCH3 is 1. The molecule has 4 rings (SSSR count). The Bertz CT molecular complexity index is 705. The van der Waals surface area contributed by atoms with Crippen LogP contribution in [0.1, 0.15) is 18.4 Å². The number of hydrogen-bond donors (Lipinski definition) is 0. The highest BCUT2D eigenvalue weighted by atomic mass is 16.7. The van der Waals surface area contributed by atoms with Crippen LogP contribution in [0.5, 0.6) is 11.5 Å². The summed E-state index contributed by atoms with van der Waals surface area (Å²) < 4.78 is 15.8. The maximum atomic E-state index is 12.5. The molecule has 0 radical (unpaired) electrons. The minimum atomic E-state index is -0.331. The summed E-state index contributed by atoms with van der Waals surface area (Å²) in [6, 6.07) is 5.73. The third kappa shape index (κ3) is 1.65. The molecular formula is C17H16O5. The number of benzene rings is 1. The van der Waals surface area contributed by atoms with Crippen molar-refractivity contribution >= 4 is 11.6 Å². The molecule has 3 aliphatic rings. The van der Waals surface area contributed by atoms with Crippen LogP contribution in [0.15, 0.2) is 30.0 Å². The number of rotatable bonds is 2. The minimum absolute atomic E-state index is 0.00839. The fourth-order valence-corrected chi connectivity index (χ4v) is 3.97. The highest BCUT2D eigenvalue weighted by Gasteiger charge is 2.57. The third-order valence-electron chi connectivity index (χ3n) is 5.06. The lowest BCUT2D eigenvalue weighted by Crippen LogP contribution is -2.53. The van der Waals surface area contributed by atoms with Crippen molar-refractivity contribution in [1.29, 1.82) is 0 Å². The second-order valence-corrected chi connectivity index (χ2v) is 6.03. The van der Waals surface area contributed by atoms with Crippen molar-refractivity contribution < 1.29 is 23.8 Å². The monoisotopic (exact) mass is 300 g/mol. The first-order valence-corrected chi connectivity index (χ1v) is 7.35. The summed E-state index contributed by atoms with van der Waals surface area (Å²) in [7, 11) is 1.43. The van der Waals surface area contributed by atoms with E-state index < -0.39 is 0 Å². The van der Waals surface area contributed by atoms with Gasteiger partial charge in [-0.15, -0.1) is 0 Å². The normalized spacial score (nSPS) is 32.2. The fourth-order valence-electron chi connectivity index (χ4n) is 3.97. The molecule has 0 N–H and O–H groups in total. The van der Waals surface area contributed by atoms with Gasteiger partial charge in [0.25, 0.3) is 0 Å². The summed E-state index contributed by atoms with van der Waals surface area (Å²) in [5.41, 5.74) is 1.01. The Morgan fingerprint density at radius 2 is 1.86 bits per heavy atom. The maximum absolute atomic E-state index is 12.5. The highest BCUT2D eigenvalue weighted by molar-refractivity contribution is 6.11. The molecule has 0 amide bonds. The van der Waals surface area contributed by atoms with Crippen LogP contribution in [-0.2, 0) is 14.3 Å². The van der Waals surface area contributed by atoms with E-state index in [-0.39, 0.29) is 47.8 Å². The fraction of sp³-hybridized carbons (Fsp3) is 0.412. The number of ether oxygens (including phenoxy) is 3. The van der Waals surface area contributed by atoms with Gasteiger partial charge in [-0.2, -0.15) is 0 Å². The van der Waals surface area contributed by atoms with Crippen molar-refractivity contribution in [3.05, 3.63) is 35.6 Å². The van der Waals surface area contributed by atoms with Crippen LogP contribution in [0.2, 0.25) is 0 Å². The van der Waals surface area contributed by atoms with E-state index in [0.29, 0.717) is 5.75 Å². The average Bonchev–Trinajstić information content (AvgIpc) is 2.96. The molecule has 5 nitrogen and oxygen atoms in total. The predicted octanol–water partition coefficient (Wildman–Crippen LogP) is 2.06. The first kappa shape index (κ1) is 13.4. The molecule has 22 heavy (non-hydrogen) atoms. The van der Waals surface area contributed by atoms with Crippen LogP contribution < -0.4 is 9.47 Å². The minimum Gasteiger partial charge on any atom is -0.493 e. The van der Waals surface area contributed by atoms with Crippen LogP contribution in [0.25, 0.3) is 0 Å². The highest BCUT2D eigenvalue weighted by Crippen LogP contribution is 2.56. The Morgan fingerprint density at radius 3 is 2.64 bits per heavy atom. The van der Waals surface area contributed by atoms with E-state index in [4.69, 9.17) is 14.2 Å². The maximum Gasteiger partial charge on any atom is 0.231 e. The summed E-state index contributed by atoms with van der Waals surface area (Å²) in [6.07, 6.45) is 1.34. The summed E-state index contributed by atoms with van der Waals surface area (Å²) in [5.74, 6) is 1.07. The Morgan fingerprint density at radius 1 is 1.09 bits per heavy atom. The van der Waals surface area contributed by atoms with Crippen molar-refractivity contribution in [3.8, 4) is 11.5 Å². The zero-order valence-corrected chi connectivity index (χ0v) is 12.4. The Balaban J connectivity index is 1.71. The lowest BCUT2D eigenvalue weighted by Gasteiger charge is -2.50. The number of ketones is 2. The first-order chi connectivity index (χ1) is 10.6. The smallest absolute Gasteiger partial charge is 0.231 e. The molecule has 1 aliphatic heterocycles. The molecule has 0 unspecified atom stereocenters. The van der Waals surface area contributed by atoms with Crippen molar-refractivity contribution in [2.75, 3.05) is 13.9 Å². The van der Waals surface area contributed by atoms with Crippen molar-refractivity contribution in [2.24, 2.45) is 17.8 Å². The predicted molar refractivity (Wildman–Crippen MR) is 76.6 cm³/mol. The van der Waals surface area contributed by atoms with Crippen LogP contribution in [-0.4, -0.2) is 25.5 Å². The van der Waals surface area contributed by atoms with E-state index >= 15 is 0 Å². The van der Waals surface area contributed by atoms with E-state index in [1.54, 1.807) is 0 Å². The molecule has 1 heterocycles. The Kier molecular flexibility index (Phi) is 2.79. The van der Waals surface area contributed by atoms with Crippen LogP contribution in [0, 0.1) is 17.8 Å². The van der Waals surface area contributed by atoms with E-state index in [9.17, 15) is 9.59 Å². The first-order valence-electron chi connectivity index (χ1n) is 7.35. The molecule has 4 atom stereocenters. The summed E-state index contributed by atoms with van der Waals surface area (Å²) >= 11 is 0. The molecule has 1 fully saturated rings. The number of hydrogen-bond acceptors (Lipinski definition) is 5. The number of allylic oxidation sites excluding steroid dienone is 2. The molecular weight excluding hydrogens is 284 g/mol. The van der Waals surface area contributed by atoms with Crippen molar-refractivity contribution in [1.82, 2.24) is 0 Å². The summed E-state index contributed by atoms with van der Waals surface area (Å²) in [5, 5.41) is 0. The molecule has 0 bridgehead atoms. The van der Waals surface area contributed by atoms with Crippen molar-refractivity contribution in [2.45, 2.75) is 12.8 Å². The van der Waals surface area contributed by atoms with Gasteiger partial charge in [0.05, 0.1) is 7.11 Å². The van der Waals surface area contributed by atoms with Gasteiger partial charge in [-0.3, -0.25) is 9.59 Å². The molecule has 2 aliphatic carbocycles. The third-order valence-corrected chi connectivity index (χ3v) is 5.06. The second-order valence-electron chi connectivity index (χ2n) is 6.03. The van der Waals surface area contributed by atoms with E-state index in [2.05, 4.69) is 0 Å². The number of fused-ring (bicyclic) bond motifs is 2. The van der Waals surface area contributed by atoms with E-state index in [1.807, 2.05) is 25.1 Å². The quantitative estimate of drug-likeness (QED) is 0.836. The molecule has 5 heteroatoms. The van der Waals surface area contributed by atoms with Crippen LogP contribution in [0.4, 0.5) is 0 Å². The zero-order chi connectivity index (χ0) is 15.4. The van der Waals surface area contributed by atoms with Gasteiger partial charge < -0.3 is 14.2 Å². The molecule has 0 saturated heterocycles. The van der Waals surface area contributed by atoms with Gasteiger partial charge in [-0.25, -0.2) is 0 Å². The van der Waals surface area contributed by atoms with Gasteiger partial charge in [0, 0.05) is 17.9 Å². The lowest BCUT2D eigenvalue weighted by atomic mass is 9.51. The summed E-state index contributed by atoms with van der Waals surface area (Å²) in [6.45, 7) is 2.24. The van der Waals surface area contributed by atoms with E-state index in [1.165, 1.54) is 13.2 Å². The van der Waals surface area contributed by atoms with Gasteiger partial charge in [-0.1, -0.05) is 13.0 Å². The van der Waals surface area contributed by atoms with Crippen LogP contribution >= 0.6 is 0 Å². The number of carbonyl (C=O) groups is 2. The largest absolute Gasteiger partial charge is 0.493 e. The number of Topliss-reactive ketones (excluding diaryl/α,β-unsaturated/α-hetero) is 1. The lowest BCUT2D eigenvalue weighted by molar-refractivity contribution is -0.144. The van der Waals surface area contributed by atoms with Gasteiger partial charge in [0.1, 0.15) is 0 Å². The Hall–Kier alpha value is -2.30. The molecule has 0 aromatic heterocycles. The summed E-state index contributed by atoms with van der Waals surface area (Å²) in [4.78, 5) is 24.7. The zero-order valence-electron chi connectivity index (χ0n) is 12.4. The molecule has 0 spiro atoms. The average molecular weight is 300 g/mol. The molecule has 1 aromatic carbocycles.